The van der Waals surface area contributed by atoms with Crippen molar-refractivity contribution in [1.29, 1.82) is 0 Å². The molecule has 1 heterocycles. The molecule has 1 aromatic heterocycles. The maximum Gasteiger partial charge on any atom is 0.191 e. The molecule has 0 saturated carbocycles. The van der Waals surface area contributed by atoms with Gasteiger partial charge in [-0.25, -0.2) is 4.99 Å². The monoisotopic (exact) mass is 336 g/mol. The minimum Gasteiger partial charge on any atom is -0.497 e. The fourth-order valence-corrected chi connectivity index (χ4v) is 2.65. The lowest BCUT2D eigenvalue weighted by Gasteiger charge is -2.10. The smallest absolute Gasteiger partial charge is 0.191 e. The third-order valence-corrected chi connectivity index (χ3v) is 3.96. The van der Waals surface area contributed by atoms with Gasteiger partial charge in [-0.3, -0.25) is 0 Å². The molecule has 25 heavy (non-hydrogen) atoms. The van der Waals surface area contributed by atoms with E-state index >= 15 is 0 Å². The normalized spacial score (nSPS) is 11.5. The summed E-state index contributed by atoms with van der Waals surface area (Å²) in [7, 11) is 1.67. The number of hydrogen-bond acceptors (Lipinski definition) is 2. The van der Waals surface area contributed by atoms with Crippen molar-refractivity contribution < 1.29 is 4.74 Å². The van der Waals surface area contributed by atoms with E-state index in [1.54, 1.807) is 7.11 Å². The molecule has 5 nitrogen and oxygen atoms in total. The number of ether oxygens (including phenoxy) is 1. The van der Waals surface area contributed by atoms with Crippen LogP contribution in [0.3, 0.4) is 0 Å². The predicted molar refractivity (Wildman–Crippen MR) is 103 cm³/mol. The van der Waals surface area contributed by atoms with Gasteiger partial charge in [0.05, 0.1) is 20.2 Å². The lowest BCUT2D eigenvalue weighted by molar-refractivity contribution is 0.414. The van der Waals surface area contributed by atoms with Gasteiger partial charge in [-0.1, -0.05) is 30.3 Å². The van der Waals surface area contributed by atoms with Crippen LogP contribution in [0.5, 0.6) is 5.75 Å². The third kappa shape index (κ3) is 4.53. The molecular formula is C20H24N4O. The fourth-order valence-electron chi connectivity index (χ4n) is 2.65. The average molecular weight is 336 g/mol. The van der Waals surface area contributed by atoms with Crippen molar-refractivity contribution in [3.05, 3.63) is 65.9 Å². The second-order valence-electron chi connectivity index (χ2n) is 5.78. The summed E-state index contributed by atoms with van der Waals surface area (Å²) in [5.74, 6) is 1.66. The van der Waals surface area contributed by atoms with E-state index in [0.717, 1.165) is 35.0 Å². The van der Waals surface area contributed by atoms with Crippen LogP contribution in [0.15, 0.2) is 59.6 Å². The summed E-state index contributed by atoms with van der Waals surface area (Å²) >= 11 is 0. The van der Waals surface area contributed by atoms with E-state index in [4.69, 9.17) is 4.74 Å². The highest BCUT2D eigenvalue weighted by molar-refractivity contribution is 5.81. The number of aromatic amines is 1. The highest BCUT2D eigenvalue weighted by atomic mass is 16.5. The van der Waals surface area contributed by atoms with Crippen molar-refractivity contribution in [3.8, 4) is 5.75 Å². The number of nitrogens with zero attached hydrogens (tertiary/aromatic N) is 1. The van der Waals surface area contributed by atoms with Crippen LogP contribution < -0.4 is 15.4 Å². The Hall–Kier alpha value is -2.95. The zero-order valence-corrected chi connectivity index (χ0v) is 14.7. The number of benzene rings is 2. The summed E-state index contributed by atoms with van der Waals surface area (Å²) < 4.78 is 5.18. The molecule has 130 valence electrons. The Kier molecular flexibility index (Phi) is 5.57. The molecule has 0 amide bonds. The average Bonchev–Trinajstić information content (AvgIpc) is 3.07. The largest absolute Gasteiger partial charge is 0.497 e. The Morgan fingerprint density at radius 3 is 2.60 bits per heavy atom. The maximum absolute atomic E-state index is 5.18. The summed E-state index contributed by atoms with van der Waals surface area (Å²) in [6, 6.07) is 18.4. The topological polar surface area (TPSA) is 61.4 Å². The molecule has 3 aromatic rings. The third-order valence-electron chi connectivity index (χ3n) is 3.96. The molecule has 3 rings (SSSR count). The first-order valence-electron chi connectivity index (χ1n) is 8.50. The summed E-state index contributed by atoms with van der Waals surface area (Å²) in [5, 5.41) is 7.88. The summed E-state index contributed by atoms with van der Waals surface area (Å²) in [6.07, 6.45) is 0. The summed E-state index contributed by atoms with van der Waals surface area (Å²) in [4.78, 5) is 8.07. The lowest BCUT2D eigenvalue weighted by Crippen LogP contribution is -2.36. The molecule has 0 saturated heterocycles. The van der Waals surface area contributed by atoms with E-state index in [1.807, 2.05) is 36.4 Å². The number of methoxy groups -OCH3 is 1. The zero-order chi connectivity index (χ0) is 17.5. The van der Waals surface area contributed by atoms with Gasteiger partial charge in [0.25, 0.3) is 0 Å². The van der Waals surface area contributed by atoms with Crippen LogP contribution >= 0.6 is 0 Å². The van der Waals surface area contributed by atoms with Gasteiger partial charge in [0.1, 0.15) is 5.75 Å². The Balaban J connectivity index is 1.63. The molecule has 0 radical (unpaired) electrons. The summed E-state index contributed by atoms with van der Waals surface area (Å²) in [5.41, 5.74) is 3.43. The fraction of sp³-hybridized carbons (Fsp3) is 0.250. The minimum absolute atomic E-state index is 0.617. The van der Waals surface area contributed by atoms with Gasteiger partial charge < -0.3 is 20.4 Å². The van der Waals surface area contributed by atoms with Gasteiger partial charge >= 0.3 is 0 Å². The number of aromatic nitrogens is 1. The molecule has 0 spiro atoms. The van der Waals surface area contributed by atoms with E-state index in [1.165, 1.54) is 5.39 Å². The molecule has 3 N–H and O–H groups in total. The Morgan fingerprint density at radius 2 is 1.88 bits per heavy atom. The molecule has 0 unspecified atom stereocenters. The van der Waals surface area contributed by atoms with Crippen molar-refractivity contribution in [1.82, 2.24) is 15.6 Å². The van der Waals surface area contributed by atoms with Crippen LogP contribution in [-0.2, 0) is 13.1 Å². The van der Waals surface area contributed by atoms with Crippen molar-refractivity contribution in [3.63, 3.8) is 0 Å². The Bertz CT molecular complexity index is 803. The van der Waals surface area contributed by atoms with Crippen LogP contribution in [0.2, 0.25) is 0 Å². The first-order chi connectivity index (χ1) is 12.3. The number of hydrogen-bond donors (Lipinski definition) is 3. The van der Waals surface area contributed by atoms with E-state index in [0.29, 0.717) is 13.1 Å². The minimum atomic E-state index is 0.617. The number of guanidine groups is 1. The van der Waals surface area contributed by atoms with Crippen molar-refractivity contribution in [2.75, 3.05) is 13.7 Å². The van der Waals surface area contributed by atoms with E-state index in [-0.39, 0.29) is 0 Å². The first kappa shape index (κ1) is 16.9. The Labute approximate surface area is 148 Å². The van der Waals surface area contributed by atoms with Crippen molar-refractivity contribution in [2.45, 2.75) is 20.0 Å². The molecule has 0 atom stereocenters. The van der Waals surface area contributed by atoms with Crippen LogP contribution in [0, 0.1) is 0 Å². The quantitative estimate of drug-likeness (QED) is 0.477. The number of fused-ring (bicyclic) bond motifs is 1. The highest BCUT2D eigenvalue weighted by Gasteiger charge is 2.02. The standard InChI is InChI=1S/C20H24N4O/c1-3-21-20(22-13-15-8-10-18(25-2)11-9-15)23-14-17-12-16-6-4-5-7-19(16)24-17/h4-12,24H,3,13-14H2,1-2H3,(H2,21,22,23). The van der Waals surface area contributed by atoms with Gasteiger partial charge in [-0.15, -0.1) is 0 Å². The van der Waals surface area contributed by atoms with Crippen LogP contribution in [-0.4, -0.2) is 24.6 Å². The molecule has 0 aliphatic rings. The number of aliphatic imine (C=N–C) groups is 1. The van der Waals surface area contributed by atoms with Crippen LogP contribution in [0.4, 0.5) is 0 Å². The Morgan fingerprint density at radius 1 is 1.08 bits per heavy atom. The van der Waals surface area contributed by atoms with Crippen molar-refractivity contribution >= 4 is 16.9 Å². The van der Waals surface area contributed by atoms with Gasteiger partial charge in [0.15, 0.2) is 5.96 Å². The molecule has 5 heteroatoms. The molecule has 0 aliphatic heterocycles. The first-order valence-corrected chi connectivity index (χ1v) is 8.50. The second kappa shape index (κ2) is 8.24. The SMILES string of the molecule is CCNC(=NCc1ccc(OC)cc1)NCc1cc2ccccc2[nH]1. The molecule has 2 aromatic carbocycles. The van der Waals surface area contributed by atoms with E-state index < -0.39 is 0 Å². The maximum atomic E-state index is 5.18. The summed E-state index contributed by atoms with van der Waals surface area (Å²) in [6.45, 7) is 4.20. The number of nitrogens with one attached hydrogen (secondary N) is 3. The number of rotatable bonds is 6. The zero-order valence-electron chi connectivity index (χ0n) is 14.7. The number of para-hydroxylation sites is 1. The van der Waals surface area contributed by atoms with Gasteiger partial charge in [0.2, 0.25) is 0 Å². The van der Waals surface area contributed by atoms with Crippen LogP contribution in [0.25, 0.3) is 10.9 Å². The van der Waals surface area contributed by atoms with Gasteiger partial charge in [0, 0.05) is 17.8 Å². The van der Waals surface area contributed by atoms with E-state index in [9.17, 15) is 0 Å². The number of H-pyrrole nitrogens is 1. The molecule has 0 bridgehead atoms. The second-order valence-corrected chi connectivity index (χ2v) is 5.78. The molecular weight excluding hydrogens is 312 g/mol. The van der Waals surface area contributed by atoms with Crippen molar-refractivity contribution in [2.24, 2.45) is 4.99 Å². The molecule has 0 aliphatic carbocycles. The van der Waals surface area contributed by atoms with Crippen LogP contribution in [0.1, 0.15) is 18.2 Å². The predicted octanol–water partition coefficient (Wildman–Crippen LogP) is 3.43. The lowest BCUT2D eigenvalue weighted by atomic mass is 10.2. The van der Waals surface area contributed by atoms with Gasteiger partial charge in [-0.05, 0) is 42.1 Å². The van der Waals surface area contributed by atoms with E-state index in [2.05, 4.69) is 45.7 Å². The molecule has 0 fully saturated rings. The van der Waals surface area contributed by atoms with Gasteiger partial charge in [-0.2, -0.15) is 0 Å². The highest BCUT2D eigenvalue weighted by Crippen LogP contribution is 2.14.